The number of hydrogen-bond donors (Lipinski definition) is 1. The van der Waals surface area contributed by atoms with Gasteiger partial charge in [-0.25, -0.2) is 0 Å². The van der Waals surface area contributed by atoms with Crippen LogP contribution in [0.4, 0.5) is 0 Å². The molecule has 0 aromatic heterocycles. The van der Waals surface area contributed by atoms with Crippen LogP contribution in [0.5, 0.6) is 11.5 Å². The average Bonchev–Trinajstić information content (AvgIpc) is 2.42. The zero-order valence-electron chi connectivity index (χ0n) is 12.1. The van der Waals surface area contributed by atoms with E-state index in [1.54, 1.807) is 7.11 Å². The summed E-state index contributed by atoms with van der Waals surface area (Å²) >= 11 is 0. The lowest BCUT2D eigenvalue weighted by atomic mass is 9.97. The van der Waals surface area contributed by atoms with Crippen LogP contribution in [0.2, 0.25) is 0 Å². The van der Waals surface area contributed by atoms with Gasteiger partial charge in [-0.2, -0.15) is 0 Å². The molecule has 0 spiro atoms. The molecule has 19 heavy (non-hydrogen) atoms. The van der Waals surface area contributed by atoms with Crippen molar-refractivity contribution in [1.29, 1.82) is 0 Å². The summed E-state index contributed by atoms with van der Waals surface area (Å²) in [5.74, 6) is 1.29. The fourth-order valence-corrected chi connectivity index (χ4v) is 2.96. The van der Waals surface area contributed by atoms with Crippen molar-refractivity contribution in [2.24, 2.45) is 0 Å². The lowest BCUT2D eigenvalue weighted by molar-refractivity contribution is 0.396. The van der Waals surface area contributed by atoms with E-state index in [0.29, 0.717) is 5.75 Å². The average molecular weight is 262 g/mol. The van der Waals surface area contributed by atoms with Crippen LogP contribution in [0, 0.1) is 0 Å². The highest BCUT2D eigenvalue weighted by atomic mass is 16.5. The van der Waals surface area contributed by atoms with Gasteiger partial charge in [0.25, 0.3) is 0 Å². The molecule has 2 heteroatoms. The SMILES string of the molecule is COc1cc2cc(O)c1CCCCCCCCCC2. The predicted molar refractivity (Wildman–Crippen MR) is 79.0 cm³/mol. The van der Waals surface area contributed by atoms with E-state index in [9.17, 15) is 5.11 Å². The smallest absolute Gasteiger partial charge is 0.126 e. The number of benzene rings is 1. The van der Waals surface area contributed by atoms with Crippen molar-refractivity contribution in [3.8, 4) is 11.5 Å². The molecule has 0 aliphatic heterocycles. The molecule has 2 nitrogen and oxygen atoms in total. The van der Waals surface area contributed by atoms with E-state index in [0.717, 1.165) is 30.6 Å². The largest absolute Gasteiger partial charge is 0.508 e. The Bertz CT molecular complexity index is 398. The third-order valence-electron chi connectivity index (χ3n) is 4.11. The second-order valence-electron chi connectivity index (χ2n) is 5.62. The fourth-order valence-electron chi connectivity index (χ4n) is 2.96. The molecule has 2 bridgehead atoms. The Balaban J connectivity index is 2.17. The molecular weight excluding hydrogens is 236 g/mol. The minimum Gasteiger partial charge on any atom is -0.508 e. The summed E-state index contributed by atoms with van der Waals surface area (Å²) in [6.07, 6.45) is 12.3. The molecule has 3 rings (SSSR count). The molecule has 0 heterocycles. The minimum atomic E-state index is 0.423. The van der Waals surface area contributed by atoms with Gasteiger partial charge in [-0.3, -0.25) is 0 Å². The van der Waals surface area contributed by atoms with Crippen molar-refractivity contribution in [2.45, 2.75) is 64.2 Å². The number of phenols is 1. The number of fused-ring (bicyclic) bond motifs is 11. The van der Waals surface area contributed by atoms with E-state index < -0.39 is 0 Å². The van der Waals surface area contributed by atoms with Crippen molar-refractivity contribution in [2.75, 3.05) is 7.11 Å². The molecule has 0 atom stereocenters. The first-order valence-corrected chi connectivity index (χ1v) is 7.70. The normalized spacial score (nSPS) is 17.9. The standard InChI is InChI=1S/C17H26O2/c1-19-17-13-14-10-8-6-4-2-3-5-7-9-11-15(17)16(18)12-14/h12-13,18H,2-11H2,1H3. The monoisotopic (exact) mass is 262 g/mol. The van der Waals surface area contributed by atoms with E-state index >= 15 is 0 Å². The summed E-state index contributed by atoms with van der Waals surface area (Å²) in [4.78, 5) is 0. The predicted octanol–water partition coefficient (Wildman–Crippen LogP) is 4.62. The molecule has 1 N–H and O–H groups in total. The quantitative estimate of drug-likeness (QED) is 0.800. The number of methoxy groups -OCH3 is 1. The highest BCUT2D eigenvalue weighted by molar-refractivity contribution is 5.47. The van der Waals surface area contributed by atoms with Gasteiger partial charge in [0.05, 0.1) is 7.11 Å². The van der Waals surface area contributed by atoms with E-state index in [1.165, 1.54) is 50.5 Å². The summed E-state index contributed by atoms with van der Waals surface area (Å²) in [5, 5.41) is 10.2. The van der Waals surface area contributed by atoms with Crippen LogP contribution in [0.15, 0.2) is 12.1 Å². The van der Waals surface area contributed by atoms with E-state index in [2.05, 4.69) is 6.07 Å². The number of rotatable bonds is 1. The zero-order chi connectivity index (χ0) is 13.5. The number of hydrogen-bond acceptors (Lipinski definition) is 2. The van der Waals surface area contributed by atoms with Crippen LogP contribution < -0.4 is 4.74 Å². The van der Waals surface area contributed by atoms with E-state index in [4.69, 9.17) is 4.74 Å². The van der Waals surface area contributed by atoms with Gasteiger partial charge in [-0.05, 0) is 43.4 Å². The molecule has 0 amide bonds. The molecular formula is C17H26O2. The maximum atomic E-state index is 10.2. The number of aryl methyl sites for hydroxylation is 1. The molecule has 0 unspecified atom stereocenters. The molecule has 1 aromatic rings. The second kappa shape index (κ2) is 7.42. The molecule has 0 saturated heterocycles. The highest BCUT2D eigenvalue weighted by Crippen LogP contribution is 2.32. The third kappa shape index (κ3) is 4.15. The number of aromatic hydroxyl groups is 1. The maximum absolute atomic E-state index is 10.2. The molecule has 0 radical (unpaired) electrons. The van der Waals surface area contributed by atoms with Crippen molar-refractivity contribution in [1.82, 2.24) is 0 Å². The van der Waals surface area contributed by atoms with Gasteiger partial charge < -0.3 is 9.84 Å². The molecule has 1 aromatic carbocycles. The summed E-state index contributed by atoms with van der Waals surface area (Å²) in [7, 11) is 1.70. The Labute approximate surface area is 116 Å². The van der Waals surface area contributed by atoms with Gasteiger partial charge in [0.15, 0.2) is 0 Å². The van der Waals surface area contributed by atoms with Crippen LogP contribution in [0.25, 0.3) is 0 Å². The first-order valence-electron chi connectivity index (χ1n) is 7.70. The van der Waals surface area contributed by atoms with E-state index in [-0.39, 0.29) is 0 Å². The maximum Gasteiger partial charge on any atom is 0.126 e. The van der Waals surface area contributed by atoms with Gasteiger partial charge in [0.1, 0.15) is 11.5 Å². The molecule has 106 valence electrons. The van der Waals surface area contributed by atoms with Crippen LogP contribution in [-0.2, 0) is 12.8 Å². The Morgan fingerprint density at radius 1 is 0.842 bits per heavy atom. The zero-order valence-corrected chi connectivity index (χ0v) is 12.1. The summed E-state index contributed by atoms with van der Waals surface area (Å²) in [5.41, 5.74) is 2.19. The Morgan fingerprint density at radius 2 is 1.42 bits per heavy atom. The molecule has 2 aliphatic rings. The third-order valence-corrected chi connectivity index (χ3v) is 4.11. The number of phenolic OH excluding ortho intramolecular Hbond substituents is 1. The Hall–Kier alpha value is -1.18. The summed E-state index contributed by atoms with van der Waals surface area (Å²) in [6, 6.07) is 4.05. The topological polar surface area (TPSA) is 29.5 Å². The minimum absolute atomic E-state index is 0.423. The molecule has 0 fully saturated rings. The van der Waals surface area contributed by atoms with Crippen molar-refractivity contribution >= 4 is 0 Å². The lowest BCUT2D eigenvalue weighted by Gasteiger charge is -2.14. The Kier molecular flexibility index (Phi) is 5.56. The van der Waals surface area contributed by atoms with Crippen LogP contribution >= 0.6 is 0 Å². The lowest BCUT2D eigenvalue weighted by Crippen LogP contribution is -1.97. The fraction of sp³-hybridized carbons (Fsp3) is 0.647. The van der Waals surface area contributed by atoms with Crippen molar-refractivity contribution in [3.05, 3.63) is 23.3 Å². The van der Waals surface area contributed by atoms with Gasteiger partial charge in [0, 0.05) is 5.56 Å². The first kappa shape index (κ1) is 14.2. The van der Waals surface area contributed by atoms with Crippen LogP contribution in [0.1, 0.15) is 62.5 Å². The second-order valence-corrected chi connectivity index (χ2v) is 5.62. The molecule has 0 saturated carbocycles. The molecule has 2 aliphatic carbocycles. The van der Waals surface area contributed by atoms with Crippen molar-refractivity contribution < 1.29 is 9.84 Å². The Morgan fingerprint density at radius 3 is 2.05 bits per heavy atom. The van der Waals surface area contributed by atoms with Gasteiger partial charge in [-0.1, -0.05) is 38.5 Å². The van der Waals surface area contributed by atoms with Gasteiger partial charge in [0.2, 0.25) is 0 Å². The van der Waals surface area contributed by atoms with Crippen LogP contribution in [-0.4, -0.2) is 12.2 Å². The number of ether oxygens (including phenoxy) is 1. The highest BCUT2D eigenvalue weighted by Gasteiger charge is 2.11. The van der Waals surface area contributed by atoms with Gasteiger partial charge >= 0.3 is 0 Å². The summed E-state index contributed by atoms with van der Waals surface area (Å²) in [6.45, 7) is 0. The van der Waals surface area contributed by atoms with Gasteiger partial charge in [-0.15, -0.1) is 0 Å². The van der Waals surface area contributed by atoms with E-state index in [1.807, 2.05) is 6.07 Å². The summed E-state index contributed by atoms with van der Waals surface area (Å²) < 4.78 is 5.46. The van der Waals surface area contributed by atoms with Crippen LogP contribution in [0.3, 0.4) is 0 Å². The van der Waals surface area contributed by atoms with Crippen molar-refractivity contribution in [3.63, 3.8) is 0 Å². The first-order chi connectivity index (χ1) is 9.31.